The SMILES string of the molecule is CCOc1ccc(CCNC(=O)c2cnn(-c3ccccc3)c2CC)cc1OCC. The summed E-state index contributed by atoms with van der Waals surface area (Å²) >= 11 is 0. The minimum absolute atomic E-state index is 0.106. The van der Waals surface area contributed by atoms with E-state index in [1.165, 1.54) is 0 Å². The molecule has 1 aromatic heterocycles. The Morgan fingerprint density at radius 2 is 1.73 bits per heavy atom. The number of amides is 1. The van der Waals surface area contributed by atoms with Crippen molar-refractivity contribution in [3.63, 3.8) is 0 Å². The van der Waals surface area contributed by atoms with Gasteiger partial charge in [-0.15, -0.1) is 0 Å². The van der Waals surface area contributed by atoms with Crippen LogP contribution in [0.15, 0.2) is 54.7 Å². The van der Waals surface area contributed by atoms with Gasteiger partial charge in [-0.1, -0.05) is 31.2 Å². The molecule has 0 spiro atoms. The summed E-state index contributed by atoms with van der Waals surface area (Å²) in [6.07, 6.45) is 3.06. The number of para-hydroxylation sites is 1. The lowest BCUT2D eigenvalue weighted by atomic mass is 10.1. The molecule has 0 unspecified atom stereocenters. The number of nitrogens with zero attached hydrogens (tertiary/aromatic N) is 2. The van der Waals surface area contributed by atoms with Gasteiger partial charge >= 0.3 is 0 Å². The van der Waals surface area contributed by atoms with Gasteiger partial charge in [0.2, 0.25) is 0 Å². The van der Waals surface area contributed by atoms with Crippen LogP contribution < -0.4 is 14.8 Å². The highest BCUT2D eigenvalue weighted by Crippen LogP contribution is 2.28. The summed E-state index contributed by atoms with van der Waals surface area (Å²) in [5.41, 5.74) is 3.55. The van der Waals surface area contributed by atoms with E-state index in [1.54, 1.807) is 6.20 Å². The molecule has 0 atom stereocenters. The van der Waals surface area contributed by atoms with Crippen molar-refractivity contribution in [2.45, 2.75) is 33.6 Å². The third-order valence-corrected chi connectivity index (χ3v) is 4.76. The van der Waals surface area contributed by atoms with Gasteiger partial charge in [0.1, 0.15) is 0 Å². The van der Waals surface area contributed by atoms with Gasteiger partial charge in [0.05, 0.1) is 36.4 Å². The van der Waals surface area contributed by atoms with Gasteiger partial charge < -0.3 is 14.8 Å². The molecule has 6 heteroatoms. The molecule has 0 aliphatic rings. The van der Waals surface area contributed by atoms with Gasteiger partial charge in [-0.05, 0) is 56.5 Å². The van der Waals surface area contributed by atoms with Crippen molar-refractivity contribution < 1.29 is 14.3 Å². The Balaban J connectivity index is 1.65. The molecule has 0 fully saturated rings. The fourth-order valence-corrected chi connectivity index (χ4v) is 3.36. The number of hydrogen-bond donors (Lipinski definition) is 1. The first-order chi connectivity index (χ1) is 14.7. The van der Waals surface area contributed by atoms with Crippen molar-refractivity contribution in [1.29, 1.82) is 0 Å². The molecular weight excluding hydrogens is 378 g/mol. The maximum atomic E-state index is 12.8. The second kappa shape index (κ2) is 10.5. The smallest absolute Gasteiger partial charge is 0.254 e. The lowest BCUT2D eigenvalue weighted by Crippen LogP contribution is -2.26. The highest BCUT2D eigenvalue weighted by atomic mass is 16.5. The van der Waals surface area contributed by atoms with Gasteiger partial charge in [-0.3, -0.25) is 4.79 Å². The second-order valence-electron chi connectivity index (χ2n) is 6.76. The maximum absolute atomic E-state index is 12.8. The highest BCUT2D eigenvalue weighted by molar-refractivity contribution is 5.95. The van der Waals surface area contributed by atoms with E-state index in [9.17, 15) is 4.79 Å². The van der Waals surface area contributed by atoms with Crippen molar-refractivity contribution in [3.05, 3.63) is 71.5 Å². The zero-order valence-corrected chi connectivity index (χ0v) is 17.9. The standard InChI is InChI=1S/C24H29N3O3/c1-4-21-20(17-26-27(21)19-10-8-7-9-11-19)24(28)25-15-14-18-12-13-22(29-5-2)23(16-18)30-6-3/h7-13,16-17H,4-6,14-15H2,1-3H3,(H,25,28). The summed E-state index contributed by atoms with van der Waals surface area (Å²) in [4.78, 5) is 12.8. The third-order valence-electron chi connectivity index (χ3n) is 4.76. The van der Waals surface area contributed by atoms with Crippen molar-refractivity contribution in [3.8, 4) is 17.2 Å². The number of ether oxygens (including phenoxy) is 2. The average Bonchev–Trinajstić information content (AvgIpc) is 3.20. The number of aromatic nitrogens is 2. The quantitative estimate of drug-likeness (QED) is 0.547. The van der Waals surface area contributed by atoms with Crippen molar-refractivity contribution in [2.75, 3.05) is 19.8 Å². The molecule has 0 bridgehead atoms. The summed E-state index contributed by atoms with van der Waals surface area (Å²) < 4.78 is 13.1. The van der Waals surface area contributed by atoms with Gasteiger partial charge in [0.15, 0.2) is 11.5 Å². The fourth-order valence-electron chi connectivity index (χ4n) is 3.36. The molecule has 0 saturated heterocycles. The van der Waals surface area contributed by atoms with Gasteiger partial charge in [-0.2, -0.15) is 5.10 Å². The molecule has 158 valence electrons. The van der Waals surface area contributed by atoms with Crippen LogP contribution in [0.25, 0.3) is 5.69 Å². The topological polar surface area (TPSA) is 65.4 Å². The summed E-state index contributed by atoms with van der Waals surface area (Å²) in [5.74, 6) is 1.37. The number of hydrogen-bond acceptors (Lipinski definition) is 4. The van der Waals surface area contributed by atoms with Crippen molar-refractivity contribution in [1.82, 2.24) is 15.1 Å². The van der Waals surface area contributed by atoms with Crippen LogP contribution in [-0.2, 0) is 12.8 Å². The van der Waals surface area contributed by atoms with Crippen LogP contribution in [0.4, 0.5) is 0 Å². The third kappa shape index (κ3) is 5.00. The molecule has 1 heterocycles. The number of carbonyl (C=O) groups is 1. The van der Waals surface area contributed by atoms with Crippen LogP contribution in [-0.4, -0.2) is 35.4 Å². The van der Waals surface area contributed by atoms with Gasteiger partial charge in [-0.25, -0.2) is 4.68 Å². The van der Waals surface area contributed by atoms with E-state index >= 15 is 0 Å². The van der Waals surface area contributed by atoms with Crippen LogP contribution in [0.1, 0.15) is 42.4 Å². The summed E-state index contributed by atoms with van der Waals surface area (Å²) in [6.45, 7) is 7.62. The molecule has 1 amide bonds. The molecule has 0 aliphatic carbocycles. The average molecular weight is 408 g/mol. The molecule has 0 aliphatic heterocycles. The van der Waals surface area contributed by atoms with Crippen molar-refractivity contribution in [2.24, 2.45) is 0 Å². The van der Waals surface area contributed by atoms with E-state index in [-0.39, 0.29) is 5.91 Å². The van der Waals surface area contributed by atoms with Crippen LogP contribution >= 0.6 is 0 Å². The zero-order chi connectivity index (χ0) is 21.3. The van der Waals surface area contributed by atoms with E-state index in [4.69, 9.17) is 9.47 Å². The number of nitrogens with one attached hydrogen (secondary N) is 1. The molecule has 0 radical (unpaired) electrons. The molecule has 6 nitrogen and oxygen atoms in total. The number of rotatable bonds is 10. The van der Waals surface area contributed by atoms with E-state index in [0.29, 0.717) is 38.2 Å². The normalized spacial score (nSPS) is 10.6. The summed E-state index contributed by atoms with van der Waals surface area (Å²) in [7, 11) is 0. The lowest BCUT2D eigenvalue weighted by Gasteiger charge is -2.13. The Morgan fingerprint density at radius 3 is 2.43 bits per heavy atom. The van der Waals surface area contributed by atoms with Gasteiger partial charge in [0, 0.05) is 6.54 Å². The molecule has 30 heavy (non-hydrogen) atoms. The first-order valence-electron chi connectivity index (χ1n) is 10.5. The molecule has 1 N–H and O–H groups in total. The highest BCUT2D eigenvalue weighted by Gasteiger charge is 2.17. The fraction of sp³-hybridized carbons (Fsp3) is 0.333. The van der Waals surface area contributed by atoms with Gasteiger partial charge in [0.25, 0.3) is 5.91 Å². The molecule has 3 aromatic rings. The Hall–Kier alpha value is -3.28. The van der Waals surface area contributed by atoms with Crippen LogP contribution in [0.5, 0.6) is 11.5 Å². The van der Waals surface area contributed by atoms with Crippen LogP contribution in [0.3, 0.4) is 0 Å². The van der Waals surface area contributed by atoms with Crippen LogP contribution in [0.2, 0.25) is 0 Å². The first-order valence-corrected chi connectivity index (χ1v) is 10.5. The minimum Gasteiger partial charge on any atom is -0.490 e. The minimum atomic E-state index is -0.106. The monoisotopic (exact) mass is 407 g/mol. The number of carbonyl (C=O) groups excluding carboxylic acids is 1. The largest absolute Gasteiger partial charge is 0.490 e. The summed E-state index contributed by atoms with van der Waals surface area (Å²) in [6, 6.07) is 15.8. The van der Waals surface area contributed by atoms with Crippen molar-refractivity contribution >= 4 is 5.91 Å². The molecule has 3 rings (SSSR count). The Kier molecular flexibility index (Phi) is 7.49. The Morgan fingerprint density at radius 1 is 1.00 bits per heavy atom. The molecular formula is C24H29N3O3. The van der Waals surface area contributed by atoms with Crippen LogP contribution in [0, 0.1) is 0 Å². The molecule has 2 aromatic carbocycles. The van der Waals surface area contributed by atoms with E-state index < -0.39 is 0 Å². The first kappa shape index (κ1) is 21.4. The zero-order valence-electron chi connectivity index (χ0n) is 17.9. The van der Waals surface area contributed by atoms with E-state index in [1.807, 2.05) is 74.0 Å². The maximum Gasteiger partial charge on any atom is 0.254 e. The predicted molar refractivity (Wildman–Crippen MR) is 118 cm³/mol. The lowest BCUT2D eigenvalue weighted by molar-refractivity contribution is 0.0953. The second-order valence-corrected chi connectivity index (χ2v) is 6.76. The molecule has 0 saturated carbocycles. The predicted octanol–water partition coefficient (Wildman–Crippen LogP) is 4.20. The summed E-state index contributed by atoms with van der Waals surface area (Å²) in [5, 5.41) is 7.44. The Labute approximate surface area is 177 Å². The Bertz CT molecular complexity index is 967. The van der Waals surface area contributed by atoms with E-state index in [0.717, 1.165) is 28.4 Å². The van der Waals surface area contributed by atoms with E-state index in [2.05, 4.69) is 10.4 Å². The number of benzene rings is 2.